The largest absolute Gasteiger partial charge is 0.370 e. The highest BCUT2D eigenvalue weighted by molar-refractivity contribution is 7.90. The van der Waals surface area contributed by atoms with Crippen molar-refractivity contribution in [2.45, 2.75) is 51.0 Å². The van der Waals surface area contributed by atoms with E-state index in [2.05, 4.69) is 5.32 Å². The smallest absolute Gasteiger partial charge is 0.304 e. The molecule has 4 aliphatic carbocycles. The SMILES string of the molecule is NC(=O)CC12CC3CC(C1)C(NC(=O)CN1CCCN(c4ccc(F)cc4)S1(=O)=O)C(C3)C2. The fourth-order valence-corrected chi connectivity index (χ4v) is 8.86. The van der Waals surface area contributed by atoms with Crippen LogP contribution in [0, 0.1) is 29.0 Å². The summed E-state index contributed by atoms with van der Waals surface area (Å²) < 4.78 is 42.0. The molecule has 1 saturated heterocycles. The van der Waals surface area contributed by atoms with Crippen LogP contribution in [0.15, 0.2) is 24.3 Å². The van der Waals surface area contributed by atoms with E-state index in [-0.39, 0.29) is 36.4 Å². The van der Waals surface area contributed by atoms with Crippen LogP contribution >= 0.6 is 0 Å². The molecule has 4 bridgehead atoms. The zero-order valence-corrected chi connectivity index (χ0v) is 19.4. The third-order valence-electron chi connectivity index (χ3n) is 8.08. The average Bonchev–Trinajstić information content (AvgIpc) is 2.71. The summed E-state index contributed by atoms with van der Waals surface area (Å²) in [5.74, 6) is 0.236. The number of primary amides is 1. The molecule has 10 heteroatoms. The fourth-order valence-electron chi connectivity index (χ4n) is 7.20. The van der Waals surface area contributed by atoms with Gasteiger partial charge >= 0.3 is 10.2 Å². The molecule has 33 heavy (non-hydrogen) atoms. The minimum absolute atomic E-state index is 0.0184. The number of hydrogen-bond acceptors (Lipinski definition) is 4. The van der Waals surface area contributed by atoms with Crippen molar-refractivity contribution in [3.05, 3.63) is 30.1 Å². The molecule has 5 fully saturated rings. The van der Waals surface area contributed by atoms with Crippen molar-refractivity contribution in [2.24, 2.45) is 28.9 Å². The topological polar surface area (TPSA) is 113 Å². The first-order chi connectivity index (χ1) is 15.6. The second kappa shape index (κ2) is 8.23. The van der Waals surface area contributed by atoms with E-state index in [0.717, 1.165) is 32.1 Å². The van der Waals surface area contributed by atoms with Gasteiger partial charge in [0.05, 0.1) is 12.2 Å². The number of nitrogens with zero attached hydrogens (tertiary/aromatic N) is 2. The Morgan fingerprint density at radius 2 is 1.76 bits per heavy atom. The molecule has 1 aromatic carbocycles. The van der Waals surface area contributed by atoms with Crippen molar-refractivity contribution in [1.29, 1.82) is 0 Å². The Kier molecular flexibility index (Phi) is 5.63. The molecule has 2 atom stereocenters. The lowest BCUT2D eigenvalue weighted by Gasteiger charge is -2.60. The normalized spacial score (nSPS) is 34.9. The molecule has 0 spiro atoms. The van der Waals surface area contributed by atoms with Crippen molar-refractivity contribution in [1.82, 2.24) is 9.62 Å². The number of benzene rings is 1. The van der Waals surface area contributed by atoms with Crippen molar-refractivity contribution in [3.63, 3.8) is 0 Å². The monoisotopic (exact) mass is 478 g/mol. The van der Waals surface area contributed by atoms with Gasteiger partial charge in [-0.1, -0.05) is 0 Å². The number of nitrogens with two attached hydrogens (primary N) is 1. The second-order valence-corrected chi connectivity index (χ2v) is 12.3. The lowest BCUT2D eigenvalue weighted by Crippen LogP contribution is -2.61. The molecule has 6 rings (SSSR count). The third-order valence-corrected chi connectivity index (χ3v) is 10.00. The van der Waals surface area contributed by atoms with Gasteiger partial charge < -0.3 is 11.1 Å². The van der Waals surface area contributed by atoms with Gasteiger partial charge in [-0.05, 0) is 86.0 Å². The van der Waals surface area contributed by atoms with Crippen LogP contribution in [-0.4, -0.2) is 50.2 Å². The Hall–Kier alpha value is -2.20. The van der Waals surface area contributed by atoms with Crippen LogP contribution in [0.5, 0.6) is 0 Å². The van der Waals surface area contributed by atoms with Crippen molar-refractivity contribution >= 4 is 27.7 Å². The van der Waals surface area contributed by atoms with Gasteiger partial charge in [0.15, 0.2) is 0 Å². The van der Waals surface area contributed by atoms with Gasteiger partial charge in [0.25, 0.3) is 0 Å². The number of hydrogen-bond donors (Lipinski definition) is 2. The number of rotatable bonds is 6. The molecule has 180 valence electrons. The Balaban J connectivity index is 1.25. The molecule has 5 aliphatic rings. The molecule has 1 heterocycles. The Morgan fingerprint density at radius 1 is 1.09 bits per heavy atom. The molecule has 3 N–H and O–H groups in total. The number of nitrogens with one attached hydrogen (secondary N) is 1. The molecular formula is C23H31FN4O4S. The maximum Gasteiger partial charge on any atom is 0.304 e. The summed E-state index contributed by atoms with van der Waals surface area (Å²) in [5.41, 5.74) is 5.90. The van der Waals surface area contributed by atoms with Crippen LogP contribution in [0.4, 0.5) is 10.1 Å². The number of carbonyl (C=O) groups is 2. The van der Waals surface area contributed by atoms with Crippen LogP contribution in [0.3, 0.4) is 0 Å². The van der Waals surface area contributed by atoms with Crippen molar-refractivity contribution in [2.75, 3.05) is 23.9 Å². The Bertz CT molecular complexity index is 1030. The molecule has 2 unspecified atom stereocenters. The van der Waals surface area contributed by atoms with Crippen LogP contribution in [-0.2, 0) is 19.8 Å². The number of amides is 2. The van der Waals surface area contributed by atoms with Gasteiger partial charge in [-0.15, -0.1) is 0 Å². The van der Waals surface area contributed by atoms with Gasteiger partial charge in [0.1, 0.15) is 5.82 Å². The third kappa shape index (κ3) is 4.23. The molecule has 2 amide bonds. The summed E-state index contributed by atoms with van der Waals surface area (Å²) in [6.07, 6.45) is 5.93. The van der Waals surface area contributed by atoms with Crippen LogP contribution in [0.2, 0.25) is 0 Å². The molecule has 4 saturated carbocycles. The lowest BCUT2D eigenvalue weighted by molar-refractivity contribution is -0.134. The van der Waals surface area contributed by atoms with Crippen LogP contribution < -0.4 is 15.4 Å². The van der Waals surface area contributed by atoms with E-state index < -0.39 is 16.0 Å². The first-order valence-electron chi connectivity index (χ1n) is 11.8. The zero-order chi connectivity index (χ0) is 23.4. The minimum atomic E-state index is -3.88. The minimum Gasteiger partial charge on any atom is -0.370 e. The summed E-state index contributed by atoms with van der Waals surface area (Å²) in [4.78, 5) is 24.6. The summed E-state index contributed by atoms with van der Waals surface area (Å²) >= 11 is 0. The predicted molar refractivity (Wildman–Crippen MR) is 121 cm³/mol. The number of halogens is 1. The van der Waals surface area contributed by atoms with Gasteiger partial charge in [0, 0.05) is 25.6 Å². The van der Waals surface area contributed by atoms with E-state index in [4.69, 9.17) is 5.73 Å². The molecule has 0 radical (unpaired) electrons. The predicted octanol–water partition coefficient (Wildman–Crippen LogP) is 1.77. The quantitative estimate of drug-likeness (QED) is 0.649. The van der Waals surface area contributed by atoms with Gasteiger partial charge in [0.2, 0.25) is 11.8 Å². The van der Waals surface area contributed by atoms with Gasteiger partial charge in [-0.25, -0.2) is 4.39 Å². The van der Waals surface area contributed by atoms with Crippen molar-refractivity contribution in [3.8, 4) is 0 Å². The summed E-state index contributed by atoms with van der Waals surface area (Å²) in [5, 5.41) is 3.15. The number of anilines is 1. The van der Waals surface area contributed by atoms with Gasteiger partial charge in [-0.2, -0.15) is 12.7 Å². The molecule has 8 nitrogen and oxygen atoms in total. The van der Waals surface area contributed by atoms with E-state index in [9.17, 15) is 22.4 Å². The molecular weight excluding hydrogens is 447 g/mol. The highest BCUT2D eigenvalue weighted by Crippen LogP contribution is 2.61. The highest BCUT2D eigenvalue weighted by atomic mass is 32.2. The first-order valence-corrected chi connectivity index (χ1v) is 13.2. The standard InChI is InChI=1S/C23H31FN4O4S/c24-18-2-4-19(5-3-18)28-7-1-6-27(33(28,31)32)14-21(30)26-22-16-8-15-9-17(22)12-23(10-15,11-16)13-20(25)29/h2-5,15-17,22H,1,6-14H2,(H2,25,29)(H,26,30). The summed E-state index contributed by atoms with van der Waals surface area (Å²) in [6, 6.07) is 5.36. The number of carbonyl (C=O) groups excluding carboxylic acids is 2. The molecule has 0 aromatic heterocycles. The Morgan fingerprint density at radius 3 is 2.39 bits per heavy atom. The van der Waals surface area contributed by atoms with E-state index in [0.29, 0.717) is 42.8 Å². The van der Waals surface area contributed by atoms with Gasteiger partial charge in [-0.3, -0.25) is 13.9 Å². The average molecular weight is 479 g/mol. The summed E-state index contributed by atoms with van der Waals surface area (Å²) in [7, 11) is -3.88. The molecule has 1 aliphatic heterocycles. The van der Waals surface area contributed by atoms with Crippen LogP contribution in [0.25, 0.3) is 0 Å². The summed E-state index contributed by atoms with van der Waals surface area (Å²) in [6.45, 7) is 0.336. The second-order valence-electron chi connectivity index (χ2n) is 10.4. The zero-order valence-electron chi connectivity index (χ0n) is 18.6. The first kappa shape index (κ1) is 22.6. The maximum absolute atomic E-state index is 13.3. The van der Waals surface area contributed by atoms with E-state index in [1.165, 1.54) is 32.9 Å². The lowest BCUT2D eigenvalue weighted by atomic mass is 9.47. The van der Waals surface area contributed by atoms with E-state index >= 15 is 0 Å². The van der Waals surface area contributed by atoms with Crippen LogP contribution in [0.1, 0.15) is 44.9 Å². The van der Waals surface area contributed by atoms with Crippen molar-refractivity contribution < 1.29 is 22.4 Å². The maximum atomic E-state index is 13.3. The van der Waals surface area contributed by atoms with E-state index in [1.54, 1.807) is 0 Å². The fraction of sp³-hybridized carbons (Fsp3) is 0.652. The highest BCUT2D eigenvalue weighted by Gasteiger charge is 2.56. The Labute approximate surface area is 193 Å². The molecule has 1 aromatic rings. The van der Waals surface area contributed by atoms with E-state index in [1.807, 2.05) is 0 Å².